The fourth-order valence-corrected chi connectivity index (χ4v) is 1.89. The molecule has 2 aromatic rings. The largest absolute Gasteiger partial charge is 0.550 e. The number of furan rings is 1. The molecule has 21 heavy (non-hydrogen) atoms. The van der Waals surface area contributed by atoms with E-state index in [1.807, 2.05) is 0 Å². The van der Waals surface area contributed by atoms with Gasteiger partial charge in [-0.2, -0.15) is 0 Å². The van der Waals surface area contributed by atoms with E-state index in [1.165, 1.54) is 19.4 Å². The van der Waals surface area contributed by atoms with Crippen molar-refractivity contribution >= 4 is 11.9 Å². The van der Waals surface area contributed by atoms with Crippen LogP contribution >= 0.6 is 0 Å². The first-order chi connectivity index (χ1) is 10.1. The lowest BCUT2D eigenvalue weighted by Gasteiger charge is -2.19. The van der Waals surface area contributed by atoms with E-state index in [-0.39, 0.29) is 12.2 Å². The number of aliphatic carboxylic acids is 1. The van der Waals surface area contributed by atoms with E-state index >= 15 is 0 Å². The lowest BCUT2D eigenvalue weighted by molar-refractivity contribution is -0.306. The molecule has 0 aliphatic rings. The smallest absolute Gasteiger partial charge is 0.287 e. The molecule has 0 saturated carbocycles. The standard InChI is InChI=1S/C15H15NO5/c1-20-11-6-4-10(5-7-11)12(9-14(17)18)16-15(19)13-3-2-8-21-13/h2-8,12H,9H2,1H3,(H,16,19)(H,17,18)/p-1/t12-/m0/s1. The first-order valence-corrected chi connectivity index (χ1v) is 6.28. The maximum atomic E-state index is 12.0. The lowest BCUT2D eigenvalue weighted by Crippen LogP contribution is -2.34. The third-order valence-corrected chi connectivity index (χ3v) is 2.94. The first-order valence-electron chi connectivity index (χ1n) is 6.28. The molecule has 1 amide bonds. The summed E-state index contributed by atoms with van der Waals surface area (Å²) >= 11 is 0. The van der Waals surface area contributed by atoms with Gasteiger partial charge in [0.1, 0.15) is 5.75 Å². The summed E-state index contributed by atoms with van der Waals surface area (Å²) in [6.07, 6.45) is 1.04. The highest BCUT2D eigenvalue weighted by Crippen LogP contribution is 2.20. The third-order valence-electron chi connectivity index (χ3n) is 2.94. The number of carboxylic acid groups (broad SMARTS) is 1. The van der Waals surface area contributed by atoms with Gasteiger partial charge in [0.15, 0.2) is 5.76 Å². The van der Waals surface area contributed by atoms with E-state index in [2.05, 4.69) is 5.32 Å². The summed E-state index contributed by atoms with van der Waals surface area (Å²) < 4.78 is 10.0. The second kappa shape index (κ2) is 6.60. The molecule has 2 rings (SSSR count). The Labute approximate surface area is 121 Å². The molecule has 110 valence electrons. The maximum Gasteiger partial charge on any atom is 0.287 e. The molecule has 1 aromatic carbocycles. The number of hydrogen-bond acceptors (Lipinski definition) is 5. The van der Waals surface area contributed by atoms with Gasteiger partial charge in [-0.15, -0.1) is 0 Å². The number of amides is 1. The summed E-state index contributed by atoms with van der Waals surface area (Å²) in [6.45, 7) is 0. The Hall–Kier alpha value is -2.76. The van der Waals surface area contributed by atoms with Crippen molar-refractivity contribution in [1.29, 1.82) is 0 Å². The summed E-state index contributed by atoms with van der Waals surface area (Å²) in [4.78, 5) is 22.8. The minimum atomic E-state index is -1.25. The highest BCUT2D eigenvalue weighted by atomic mass is 16.5. The zero-order chi connectivity index (χ0) is 15.2. The molecular weight excluding hydrogens is 274 g/mol. The number of carboxylic acids is 1. The van der Waals surface area contributed by atoms with E-state index in [1.54, 1.807) is 30.3 Å². The Balaban J connectivity index is 2.17. The lowest BCUT2D eigenvalue weighted by atomic mass is 10.0. The molecular formula is C15H14NO5-. The van der Waals surface area contributed by atoms with Crippen LogP contribution < -0.4 is 15.2 Å². The van der Waals surface area contributed by atoms with Crippen LogP contribution in [0.5, 0.6) is 5.75 Å². The molecule has 0 fully saturated rings. The number of rotatable bonds is 6. The molecule has 0 bridgehead atoms. The van der Waals surface area contributed by atoms with E-state index in [0.29, 0.717) is 11.3 Å². The quantitative estimate of drug-likeness (QED) is 0.852. The summed E-state index contributed by atoms with van der Waals surface area (Å²) in [5.41, 5.74) is 0.639. The Kier molecular flexibility index (Phi) is 4.61. The average Bonchev–Trinajstić information content (AvgIpc) is 3.00. The second-order valence-corrected chi connectivity index (χ2v) is 4.35. The topological polar surface area (TPSA) is 91.6 Å². The summed E-state index contributed by atoms with van der Waals surface area (Å²) in [5.74, 6) is -0.979. The predicted octanol–water partition coefficient (Wildman–Crippen LogP) is 0.899. The van der Waals surface area contributed by atoms with Crippen molar-refractivity contribution in [2.24, 2.45) is 0 Å². The number of nitrogens with one attached hydrogen (secondary N) is 1. The van der Waals surface area contributed by atoms with Crippen molar-refractivity contribution in [1.82, 2.24) is 5.32 Å². The van der Waals surface area contributed by atoms with Gasteiger partial charge in [0.25, 0.3) is 5.91 Å². The van der Waals surface area contributed by atoms with Crippen molar-refractivity contribution in [3.8, 4) is 5.75 Å². The minimum absolute atomic E-state index is 0.117. The van der Waals surface area contributed by atoms with Gasteiger partial charge < -0.3 is 24.4 Å². The molecule has 0 radical (unpaired) electrons. The van der Waals surface area contributed by atoms with Crippen molar-refractivity contribution < 1.29 is 23.8 Å². The number of carbonyl (C=O) groups is 2. The number of benzene rings is 1. The second-order valence-electron chi connectivity index (χ2n) is 4.35. The molecule has 0 aliphatic heterocycles. The molecule has 0 unspecified atom stereocenters. The van der Waals surface area contributed by atoms with E-state index < -0.39 is 17.9 Å². The summed E-state index contributed by atoms with van der Waals surface area (Å²) in [7, 11) is 1.53. The number of ether oxygens (including phenoxy) is 1. The third kappa shape index (κ3) is 3.85. The number of carbonyl (C=O) groups excluding carboxylic acids is 2. The molecule has 1 aromatic heterocycles. The summed E-state index contributed by atoms with van der Waals surface area (Å²) in [6, 6.07) is 9.13. The van der Waals surface area contributed by atoms with Crippen LogP contribution in [0.25, 0.3) is 0 Å². The van der Waals surface area contributed by atoms with Gasteiger partial charge in [-0.25, -0.2) is 0 Å². The van der Waals surface area contributed by atoms with E-state index in [4.69, 9.17) is 9.15 Å². The van der Waals surface area contributed by atoms with Crippen LogP contribution in [0.15, 0.2) is 47.1 Å². The zero-order valence-electron chi connectivity index (χ0n) is 11.4. The molecule has 0 spiro atoms. The SMILES string of the molecule is COc1ccc([C@H](CC(=O)[O-])NC(=O)c2ccco2)cc1. The van der Waals surface area contributed by atoms with Gasteiger partial charge in [-0.05, 0) is 29.8 Å². The maximum absolute atomic E-state index is 12.0. The van der Waals surface area contributed by atoms with Crippen LogP contribution in [-0.2, 0) is 4.79 Å². The van der Waals surface area contributed by atoms with Crippen LogP contribution in [0, 0.1) is 0 Å². The van der Waals surface area contributed by atoms with Gasteiger partial charge in [0.05, 0.1) is 19.4 Å². The van der Waals surface area contributed by atoms with Crippen molar-refractivity contribution in [3.63, 3.8) is 0 Å². The van der Waals surface area contributed by atoms with Gasteiger partial charge in [0.2, 0.25) is 0 Å². The van der Waals surface area contributed by atoms with Gasteiger partial charge in [-0.3, -0.25) is 4.79 Å². The zero-order valence-corrected chi connectivity index (χ0v) is 11.4. The van der Waals surface area contributed by atoms with Crippen LogP contribution in [0.4, 0.5) is 0 Å². The van der Waals surface area contributed by atoms with Crippen molar-refractivity contribution in [3.05, 3.63) is 54.0 Å². The van der Waals surface area contributed by atoms with Gasteiger partial charge >= 0.3 is 0 Å². The van der Waals surface area contributed by atoms with E-state index in [0.717, 1.165) is 0 Å². The highest BCUT2D eigenvalue weighted by Gasteiger charge is 2.17. The van der Waals surface area contributed by atoms with Gasteiger partial charge in [0, 0.05) is 12.4 Å². The van der Waals surface area contributed by atoms with Gasteiger partial charge in [-0.1, -0.05) is 12.1 Å². The molecule has 1 atom stereocenters. The Bertz CT molecular complexity index is 604. The Morgan fingerprint density at radius 3 is 2.52 bits per heavy atom. The predicted molar refractivity (Wildman–Crippen MR) is 71.5 cm³/mol. The fraction of sp³-hybridized carbons (Fsp3) is 0.200. The van der Waals surface area contributed by atoms with Crippen LogP contribution in [-0.4, -0.2) is 19.0 Å². The van der Waals surface area contributed by atoms with Crippen LogP contribution in [0.2, 0.25) is 0 Å². The molecule has 6 heteroatoms. The first kappa shape index (κ1) is 14.6. The molecule has 0 aliphatic carbocycles. The molecule has 1 heterocycles. The Morgan fingerprint density at radius 2 is 2.00 bits per heavy atom. The molecule has 1 N–H and O–H groups in total. The van der Waals surface area contributed by atoms with Crippen molar-refractivity contribution in [2.45, 2.75) is 12.5 Å². The van der Waals surface area contributed by atoms with Crippen LogP contribution in [0.1, 0.15) is 28.6 Å². The fourth-order valence-electron chi connectivity index (χ4n) is 1.89. The van der Waals surface area contributed by atoms with E-state index in [9.17, 15) is 14.7 Å². The Morgan fingerprint density at radius 1 is 1.29 bits per heavy atom. The normalized spacial score (nSPS) is 11.7. The van der Waals surface area contributed by atoms with Crippen molar-refractivity contribution in [2.75, 3.05) is 7.11 Å². The molecule has 0 saturated heterocycles. The molecule has 6 nitrogen and oxygen atoms in total. The number of methoxy groups -OCH3 is 1. The average molecular weight is 288 g/mol. The summed E-state index contributed by atoms with van der Waals surface area (Å²) in [5, 5.41) is 13.5. The minimum Gasteiger partial charge on any atom is -0.550 e. The monoisotopic (exact) mass is 288 g/mol. The number of hydrogen-bond donors (Lipinski definition) is 1. The highest BCUT2D eigenvalue weighted by molar-refractivity contribution is 5.91. The van der Waals surface area contributed by atoms with Crippen LogP contribution in [0.3, 0.4) is 0 Å².